The molecule has 1 rings (SSSR count). The van der Waals surface area contributed by atoms with E-state index in [4.69, 9.17) is 10.3 Å². The molecule has 0 saturated heterocycles. The van der Waals surface area contributed by atoms with Gasteiger partial charge in [-0.05, 0) is 17.7 Å². The zero-order valence-electron chi connectivity index (χ0n) is 6.27. The van der Waals surface area contributed by atoms with Crippen LogP contribution in [0.4, 0.5) is 5.69 Å². The summed E-state index contributed by atoms with van der Waals surface area (Å²) in [6.07, 6.45) is -0.640. The number of carbonyl (C=O) groups excluding carboxylic acids is 1. The van der Waals surface area contributed by atoms with Gasteiger partial charge in [0.25, 0.3) is 0 Å². The van der Waals surface area contributed by atoms with E-state index in [9.17, 15) is 4.79 Å². The SMILES string of the molecule is O=CC(O)c1ccc(NO)cc1. The molecule has 1 unspecified atom stereocenters. The van der Waals surface area contributed by atoms with Crippen LogP contribution >= 0.6 is 0 Å². The Morgan fingerprint density at radius 2 is 1.92 bits per heavy atom. The molecule has 0 fully saturated rings. The Kier molecular flexibility index (Phi) is 2.79. The van der Waals surface area contributed by atoms with E-state index >= 15 is 0 Å². The molecule has 0 amide bonds. The molecule has 0 spiro atoms. The summed E-state index contributed by atoms with van der Waals surface area (Å²) in [5.41, 5.74) is 2.96. The van der Waals surface area contributed by atoms with Crippen molar-refractivity contribution in [1.82, 2.24) is 0 Å². The topological polar surface area (TPSA) is 69.6 Å². The minimum Gasteiger partial charge on any atom is -0.381 e. The molecule has 12 heavy (non-hydrogen) atoms. The summed E-state index contributed by atoms with van der Waals surface area (Å²) in [6, 6.07) is 6.22. The number of benzene rings is 1. The highest BCUT2D eigenvalue weighted by atomic mass is 16.5. The highest BCUT2D eigenvalue weighted by Crippen LogP contribution is 2.13. The Hall–Kier alpha value is -1.39. The second-order valence-corrected chi connectivity index (χ2v) is 2.31. The number of aldehydes is 1. The smallest absolute Gasteiger partial charge is 0.153 e. The summed E-state index contributed by atoms with van der Waals surface area (Å²) >= 11 is 0. The van der Waals surface area contributed by atoms with Gasteiger partial charge in [0.1, 0.15) is 6.10 Å². The van der Waals surface area contributed by atoms with Crippen LogP contribution < -0.4 is 5.48 Å². The van der Waals surface area contributed by atoms with Crippen LogP contribution in [0, 0.1) is 0 Å². The zero-order valence-corrected chi connectivity index (χ0v) is 6.27. The first-order valence-corrected chi connectivity index (χ1v) is 3.41. The summed E-state index contributed by atoms with van der Waals surface area (Å²) in [6.45, 7) is 0. The van der Waals surface area contributed by atoms with Gasteiger partial charge in [0.15, 0.2) is 6.29 Å². The summed E-state index contributed by atoms with van der Waals surface area (Å²) in [5, 5.41) is 17.5. The molecule has 0 bridgehead atoms. The number of nitrogens with one attached hydrogen (secondary N) is 1. The lowest BCUT2D eigenvalue weighted by atomic mass is 10.1. The first-order chi connectivity index (χ1) is 5.77. The van der Waals surface area contributed by atoms with Gasteiger partial charge in [-0.2, -0.15) is 0 Å². The molecular weight excluding hydrogens is 158 g/mol. The van der Waals surface area contributed by atoms with Crippen molar-refractivity contribution in [1.29, 1.82) is 0 Å². The number of carbonyl (C=O) groups is 1. The average molecular weight is 167 g/mol. The van der Waals surface area contributed by atoms with Crippen LogP contribution in [0.5, 0.6) is 0 Å². The van der Waals surface area contributed by atoms with Gasteiger partial charge in [-0.3, -0.25) is 10.7 Å². The van der Waals surface area contributed by atoms with Gasteiger partial charge in [0, 0.05) is 0 Å². The summed E-state index contributed by atoms with van der Waals surface area (Å²) < 4.78 is 0. The molecule has 0 radical (unpaired) electrons. The van der Waals surface area contributed by atoms with Crippen molar-refractivity contribution in [3.05, 3.63) is 29.8 Å². The lowest BCUT2D eigenvalue weighted by Crippen LogP contribution is -1.98. The summed E-state index contributed by atoms with van der Waals surface area (Å²) in [7, 11) is 0. The van der Waals surface area contributed by atoms with Crippen LogP contribution in [0.3, 0.4) is 0 Å². The lowest BCUT2D eigenvalue weighted by molar-refractivity contribution is -0.115. The van der Waals surface area contributed by atoms with Crippen molar-refractivity contribution >= 4 is 12.0 Å². The number of aliphatic hydroxyl groups excluding tert-OH is 1. The molecule has 4 heteroatoms. The molecule has 3 N–H and O–H groups in total. The monoisotopic (exact) mass is 167 g/mol. The number of anilines is 1. The van der Waals surface area contributed by atoms with Crippen LogP contribution in [0.1, 0.15) is 11.7 Å². The van der Waals surface area contributed by atoms with Crippen molar-refractivity contribution in [3.8, 4) is 0 Å². The van der Waals surface area contributed by atoms with E-state index in [0.717, 1.165) is 0 Å². The molecule has 0 aliphatic heterocycles. The largest absolute Gasteiger partial charge is 0.381 e. The maximum Gasteiger partial charge on any atom is 0.153 e. The normalized spacial score (nSPS) is 12.2. The predicted molar refractivity (Wildman–Crippen MR) is 42.9 cm³/mol. The highest BCUT2D eigenvalue weighted by Gasteiger charge is 2.03. The van der Waals surface area contributed by atoms with Gasteiger partial charge in [-0.15, -0.1) is 0 Å². The fourth-order valence-corrected chi connectivity index (χ4v) is 0.833. The van der Waals surface area contributed by atoms with Gasteiger partial charge >= 0.3 is 0 Å². The first kappa shape index (κ1) is 8.70. The van der Waals surface area contributed by atoms with E-state index in [1.807, 2.05) is 5.48 Å². The molecule has 0 saturated carbocycles. The highest BCUT2D eigenvalue weighted by molar-refractivity contribution is 5.60. The Balaban J connectivity index is 2.84. The number of hydrogen-bond donors (Lipinski definition) is 3. The molecular formula is C8H9NO3. The van der Waals surface area contributed by atoms with E-state index in [1.54, 1.807) is 24.3 Å². The number of hydrogen-bond acceptors (Lipinski definition) is 4. The Labute approximate surface area is 69.4 Å². The van der Waals surface area contributed by atoms with Gasteiger partial charge in [-0.1, -0.05) is 12.1 Å². The number of aliphatic hydroxyl groups is 1. The van der Waals surface area contributed by atoms with Crippen molar-refractivity contribution < 1.29 is 15.1 Å². The Bertz CT molecular complexity index is 258. The van der Waals surface area contributed by atoms with Crippen molar-refractivity contribution in [2.45, 2.75) is 6.10 Å². The first-order valence-electron chi connectivity index (χ1n) is 3.41. The van der Waals surface area contributed by atoms with Gasteiger partial charge in [-0.25, -0.2) is 0 Å². The number of rotatable bonds is 3. The molecule has 64 valence electrons. The third-order valence-corrected chi connectivity index (χ3v) is 1.51. The molecule has 1 atom stereocenters. The maximum atomic E-state index is 10.1. The standard InChI is InChI=1S/C8H9NO3/c10-5-8(11)6-1-3-7(9-12)4-2-6/h1-5,8-9,11-12H. The Morgan fingerprint density at radius 1 is 1.33 bits per heavy atom. The second kappa shape index (κ2) is 3.85. The molecule has 0 aliphatic carbocycles. The van der Waals surface area contributed by atoms with Crippen LogP contribution in [-0.4, -0.2) is 16.6 Å². The molecule has 1 aromatic carbocycles. The molecule has 0 heterocycles. The summed E-state index contributed by atoms with van der Waals surface area (Å²) in [4.78, 5) is 10.1. The molecule has 0 aromatic heterocycles. The van der Waals surface area contributed by atoms with Gasteiger partial charge in [0.2, 0.25) is 0 Å². The van der Waals surface area contributed by atoms with Gasteiger partial charge in [0.05, 0.1) is 5.69 Å². The quantitative estimate of drug-likeness (QED) is 0.458. The summed E-state index contributed by atoms with van der Waals surface area (Å²) in [5.74, 6) is 0. The van der Waals surface area contributed by atoms with E-state index in [0.29, 0.717) is 17.5 Å². The van der Waals surface area contributed by atoms with Crippen LogP contribution in [0.25, 0.3) is 0 Å². The second-order valence-electron chi connectivity index (χ2n) is 2.31. The minimum atomic E-state index is -1.09. The van der Waals surface area contributed by atoms with E-state index < -0.39 is 6.10 Å². The van der Waals surface area contributed by atoms with Gasteiger partial charge < -0.3 is 9.90 Å². The predicted octanol–water partition coefficient (Wildman–Crippen LogP) is 0.720. The fourth-order valence-electron chi connectivity index (χ4n) is 0.833. The van der Waals surface area contributed by atoms with Crippen molar-refractivity contribution in [3.63, 3.8) is 0 Å². The fraction of sp³-hybridized carbons (Fsp3) is 0.125. The minimum absolute atomic E-state index is 0.446. The Morgan fingerprint density at radius 3 is 2.33 bits per heavy atom. The van der Waals surface area contributed by atoms with E-state index in [2.05, 4.69) is 0 Å². The third kappa shape index (κ3) is 1.81. The van der Waals surface area contributed by atoms with Crippen molar-refractivity contribution in [2.75, 3.05) is 5.48 Å². The van der Waals surface area contributed by atoms with Crippen LogP contribution in [0.15, 0.2) is 24.3 Å². The van der Waals surface area contributed by atoms with Crippen LogP contribution in [0.2, 0.25) is 0 Å². The van der Waals surface area contributed by atoms with Crippen molar-refractivity contribution in [2.24, 2.45) is 0 Å². The van der Waals surface area contributed by atoms with E-state index in [-0.39, 0.29) is 0 Å². The molecule has 0 aliphatic rings. The van der Waals surface area contributed by atoms with Crippen LogP contribution in [-0.2, 0) is 4.79 Å². The molecule has 4 nitrogen and oxygen atoms in total. The third-order valence-electron chi connectivity index (χ3n) is 1.51. The lowest BCUT2D eigenvalue weighted by Gasteiger charge is -2.03. The maximum absolute atomic E-state index is 10.1. The molecule has 1 aromatic rings. The average Bonchev–Trinajstić information content (AvgIpc) is 2.17. The zero-order chi connectivity index (χ0) is 8.97. The van der Waals surface area contributed by atoms with E-state index in [1.165, 1.54) is 0 Å².